The Bertz CT molecular complexity index is 1910. The van der Waals surface area contributed by atoms with Gasteiger partial charge in [0, 0.05) is 55.4 Å². The molecule has 1 fully saturated rings. The number of amides is 2. The van der Waals surface area contributed by atoms with Crippen LogP contribution >= 0.6 is 0 Å². The van der Waals surface area contributed by atoms with Crippen LogP contribution in [0.4, 0.5) is 5.82 Å². The fourth-order valence-corrected chi connectivity index (χ4v) is 8.02. The molecule has 340 valence electrons. The highest BCUT2D eigenvalue weighted by molar-refractivity contribution is 7.97. The highest BCUT2D eigenvalue weighted by atomic mass is 32.2. The maximum atomic E-state index is 12.4. The summed E-state index contributed by atoms with van der Waals surface area (Å²) in [6.07, 6.45) is 2.13. The molecule has 0 spiro atoms. The third-order valence-corrected chi connectivity index (χ3v) is 11.4. The molecule has 21 nitrogen and oxygen atoms in total. The molecule has 1 aliphatic heterocycles. The fourth-order valence-electron chi connectivity index (χ4n) is 5.96. The number of hydrazone groups is 1. The van der Waals surface area contributed by atoms with Crippen molar-refractivity contribution in [2.75, 3.05) is 88.5 Å². The summed E-state index contributed by atoms with van der Waals surface area (Å²) in [5.74, 6) is 6.22. The molecular formula is C40H59N10O11S+. The lowest BCUT2D eigenvalue weighted by molar-refractivity contribution is -0.138. The van der Waals surface area contributed by atoms with Gasteiger partial charge in [-0.2, -0.15) is 5.10 Å². The first-order chi connectivity index (χ1) is 30.1. The van der Waals surface area contributed by atoms with Crippen LogP contribution in [0.25, 0.3) is 11.2 Å². The van der Waals surface area contributed by atoms with Crippen LogP contribution in [-0.2, 0) is 39.4 Å². The van der Waals surface area contributed by atoms with Crippen molar-refractivity contribution in [3.63, 3.8) is 0 Å². The van der Waals surface area contributed by atoms with Gasteiger partial charge in [0.05, 0.1) is 58.8 Å². The molecule has 11 N–H and O–H groups in total. The maximum absolute atomic E-state index is 12.4. The van der Waals surface area contributed by atoms with Gasteiger partial charge in [0.2, 0.25) is 5.91 Å². The Morgan fingerprint density at radius 3 is 2.45 bits per heavy atom. The number of nitrogens with two attached hydrogens (primary N) is 2. The van der Waals surface area contributed by atoms with Gasteiger partial charge in [0.15, 0.2) is 29.0 Å². The molecule has 0 saturated carbocycles. The molecule has 6 unspecified atom stereocenters. The van der Waals surface area contributed by atoms with E-state index in [2.05, 4.69) is 48.0 Å². The van der Waals surface area contributed by atoms with Crippen LogP contribution in [0.1, 0.15) is 54.3 Å². The van der Waals surface area contributed by atoms with Crippen LogP contribution in [0.2, 0.25) is 0 Å². The zero-order chi connectivity index (χ0) is 44.5. The van der Waals surface area contributed by atoms with Gasteiger partial charge < -0.3 is 61.5 Å². The number of unbranched alkanes of at least 4 members (excludes halogenated alkanes) is 2. The molecule has 1 aromatic carbocycles. The Morgan fingerprint density at radius 1 is 0.984 bits per heavy atom. The average Bonchev–Trinajstić information content (AvgIpc) is 3.82. The van der Waals surface area contributed by atoms with Crippen molar-refractivity contribution >= 4 is 51.9 Å². The van der Waals surface area contributed by atoms with Crippen molar-refractivity contribution in [1.82, 2.24) is 30.3 Å². The maximum Gasteiger partial charge on any atom is 0.320 e. The number of nitrogens with zero attached hydrogens (tertiary/aromatic N) is 5. The minimum absolute atomic E-state index is 0.112. The second-order valence-electron chi connectivity index (χ2n) is 14.0. The number of ether oxygens (including phenoxy) is 4. The van der Waals surface area contributed by atoms with Gasteiger partial charge in [0.25, 0.3) is 5.91 Å². The molecule has 62 heavy (non-hydrogen) atoms. The number of aliphatic hydroxyl groups is 3. The van der Waals surface area contributed by atoms with Crippen molar-refractivity contribution in [3.05, 3.63) is 48.0 Å². The standard InChI is InChI=1S/C40H58N10O11S/c41-12-16-58-18-20-60-21-19-59-17-14-44-38(55)29-9-7-28(8-10-29)24-48-49-32(52)6-4-2-1-3-5-22-62(23-11-30(42)40(56)57)25-31-34(53)35(54)39(61-31)50-27-47-33-36(43-13-15-51)45-26-46-37(33)50/h7-10,24,26-27,30-31,34-35,39,51,53-54H,1-2,4,6,11-23,25,41-42H2,(H3-,43,44,45,46,49,52,55,56,57)/p+1. The quantitative estimate of drug-likeness (QED) is 0.0129. The van der Waals surface area contributed by atoms with E-state index >= 15 is 0 Å². The molecule has 0 bridgehead atoms. The third-order valence-electron chi connectivity index (χ3n) is 9.28. The molecule has 2 aromatic heterocycles. The van der Waals surface area contributed by atoms with Crippen molar-refractivity contribution in [2.24, 2.45) is 16.6 Å². The van der Waals surface area contributed by atoms with Crippen LogP contribution in [0.3, 0.4) is 0 Å². The summed E-state index contributed by atoms with van der Waals surface area (Å²) in [7, 11) is -0.536. The monoisotopic (exact) mass is 887 g/mol. The Morgan fingerprint density at radius 2 is 1.73 bits per heavy atom. The lowest BCUT2D eigenvalue weighted by Crippen LogP contribution is -2.38. The van der Waals surface area contributed by atoms with E-state index < -0.39 is 47.4 Å². The summed E-state index contributed by atoms with van der Waals surface area (Å²) in [6.45, 7) is 3.60. The molecule has 1 saturated heterocycles. The second kappa shape index (κ2) is 28.0. The molecule has 3 aromatic rings. The van der Waals surface area contributed by atoms with Gasteiger partial charge in [-0.1, -0.05) is 18.1 Å². The molecule has 6 atom stereocenters. The average molecular weight is 888 g/mol. The number of rotatable bonds is 29. The van der Waals surface area contributed by atoms with Gasteiger partial charge in [0.1, 0.15) is 42.2 Å². The van der Waals surface area contributed by atoms with E-state index in [1.54, 1.807) is 24.3 Å². The zero-order valence-corrected chi connectivity index (χ0v) is 35.4. The number of aliphatic carboxylic acids is 1. The lowest BCUT2D eigenvalue weighted by Gasteiger charge is -2.16. The van der Waals surface area contributed by atoms with Crippen LogP contribution in [0.15, 0.2) is 42.0 Å². The fraction of sp³-hybridized carbons (Fsp3) is 0.575. The number of carbonyl (C=O) groups excluding carboxylic acids is 2. The summed E-state index contributed by atoms with van der Waals surface area (Å²) in [5.41, 5.74) is 15.6. The molecule has 4 rings (SSSR count). The number of aromatic nitrogens is 4. The predicted molar refractivity (Wildman–Crippen MR) is 231 cm³/mol. The van der Waals surface area contributed by atoms with E-state index in [9.17, 15) is 34.8 Å². The van der Waals surface area contributed by atoms with Gasteiger partial charge in [-0.3, -0.25) is 19.0 Å². The number of aliphatic hydroxyl groups excluding tert-OH is 3. The predicted octanol–water partition coefficient (Wildman–Crippen LogP) is -1.28. The molecule has 22 heteroatoms. The largest absolute Gasteiger partial charge is 0.480 e. The summed E-state index contributed by atoms with van der Waals surface area (Å²) >= 11 is 0. The van der Waals surface area contributed by atoms with E-state index in [4.69, 9.17) is 30.4 Å². The number of carboxylic acid groups (broad SMARTS) is 1. The van der Waals surface area contributed by atoms with E-state index in [0.29, 0.717) is 117 Å². The smallest absolute Gasteiger partial charge is 0.320 e. The highest BCUT2D eigenvalue weighted by Gasteiger charge is 2.47. The van der Waals surface area contributed by atoms with Crippen LogP contribution in [0, 0.1) is 11.8 Å². The number of hydrogen-bond acceptors (Lipinski definition) is 17. The van der Waals surface area contributed by atoms with Crippen molar-refractivity contribution in [1.29, 1.82) is 0 Å². The third kappa shape index (κ3) is 16.8. The Kier molecular flexibility index (Phi) is 22.5. The summed E-state index contributed by atoms with van der Waals surface area (Å²) in [5, 5.41) is 50.3. The Labute approximate surface area is 362 Å². The highest BCUT2D eigenvalue weighted by Crippen LogP contribution is 2.33. The SMILES string of the molecule is NCCOCCOCCOCCNC(=O)c1ccc(/C=N\NC(=O)CCCCC#CC[S+](CCC(N)C(=O)O)CC2OC(n3cnc4c(NCCO)ncnc43)C(O)C2O)cc1. The van der Waals surface area contributed by atoms with Gasteiger partial charge in [-0.25, -0.2) is 20.4 Å². The number of carbonyl (C=O) groups is 3. The lowest BCUT2D eigenvalue weighted by atomic mass is 10.1. The summed E-state index contributed by atoms with van der Waals surface area (Å²) < 4.78 is 23.7. The normalized spacial score (nSPS) is 18.3. The molecule has 3 heterocycles. The number of imidazole rings is 1. The Hall–Kier alpha value is -4.80. The number of benzene rings is 1. The van der Waals surface area contributed by atoms with Gasteiger partial charge >= 0.3 is 5.97 Å². The van der Waals surface area contributed by atoms with Crippen LogP contribution in [0.5, 0.6) is 0 Å². The van der Waals surface area contributed by atoms with E-state index in [1.165, 1.54) is 23.4 Å². The van der Waals surface area contributed by atoms with E-state index in [0.717, 1.165) is 0 Å². The first-order valence-corrected chi connectivity index (χ1v) is 22.1. The summed E-state index contributed by atoms with van der Waals surface area (Å²) in [4.78, 5) is 49.0. The molecule has 0 aliphatic carbocycles. The van der Waals surface area contributed by atoms with Crippen molar-refractivity contribution in [2.45, 2.75) is 62.7 Å². The minimum Gasteiger partial charge on any atom is -0.480 e. The first-order valence-electron chi connectivity index (χ1n) is 20.4. The number of carboxylic acids is 1. The molecule has 1 aliphatic rings. The summed E-state index contributed by atoms with van der Waals surface area (Å²) in [6, 6.07) is 5.71. The molecule has 2 amide bonds. The number of nitrogens with one attached hydrogen (secondary N) is 3. The topological polar surface area (TPSA) is 313 Å². The van der Waals surface area contributed by atoms with Crippen molar-refractivity contribution in [3.8, 4) is 11.8 Å². The van der Waals surface area contributed by atoms with E-state index in [1.807, 2.05) is 0 Å². The van der Waals surface area contributed by atoms with Gasteiger partial charge in [-0.15, -0.1) is 0 Å². The van der Waals surface area contributed by atoms with Gasteiger partial charge in [-0.05, 0) is 36.5 Å². The van der Waals surface area contributed by atoms with Crippen LogP contribution < -0.4 is 27.5 Å². The van der Waals surface area contributed by atoms with E-state index in [-0.39, 0.29) is 37.8 Å². The minimum atomic E-state index is -1.30. The first kappa shape index (κ1) is 49.9. The number of anilines is 1. The van der Waals surface area contributed by atoms with Crippen molar-refractivity contribution < 1.29 is 53.8 Å². The second-order valence-corrected chi connectivity index (χ2v) is 16.2. The molecule has 0 radical (unpaired) electrons. The zero-order valence-electron chi connectivity index (χ0n) is 34.6. The van der Waals surface area contributed by atoms with Crippen LogP contribution in [-0.4, -0.2) is 171 Å². The number of hydrogen-bond donors (Lipinski definition) is 9. The molecular weight excluding hydrogens is 829 g/mol. The Balaban J connectivity index is 1.14. The number of fused-ring (bicyclic) bond motifs is 1.